The van der Waals surface area contributed by atoms with Crippen LogP contribution in [0.4, 0.5) is 4.39 Å². The molecule has 2 aromatic rings. The minimum atomic E-state index is -0.563. The van der Waals surface area contributed by atoms with Gasteiger partial charge in [0, 0.05) is 11.3 Å². The van der Waals surface area contributed by atoms with Gasteiger partial charge in [0.1, 0.15) is 18.1 Å². The molecule has 4 nitrogen and oxygen atoms in total. The van der Waals surface area contributed by atoms with Crippen molar-refractivity contribution in [2.45, 2.75) is 27.4 Å². The Kier molecular flexibility index (Phi) is 4.21. The van der Waals surface area contributed by atoms with Gasteiger partial charge in [-0.05, 0) is 44.0 Å². The van der Waals surface area contributed by atoms with E-state index < -0.39 is 5.97 Å². The number of ether oxygens (including phenoxy) is 1. The summed E-state index contributed by atoms with van der Waals surface area (Å²) in [5.74, 6) is -1.05. The van der Waals surface area contributed by atoms with E-state index in [2.05, 4.69) is 4.98 Å². The van der Waals surface area contributed by atoms with Crippen molar-refractivity contribution >= 4 is 11.8 Å². The maximum Gasteiger partial charge on any atom is 0.355 e. The molecule has 0 radical (unpaired) electrons. The highest BCUT2D eigenvalue weighted by Crippen LogP contribution is 2.19. The summed E-state index contributed by atoms with van der Waals surface area (Å²) in [5, 5.41) is 0. The van der Waals surface area contributed by atoms with Crippen LogP contribution in [0.2, 0.25) is 0 Å². The molecule has 0 unspecified atom stereocenters. The molecule has 0 aliphatic rings. The van der Waals surface area contributed by atoms with Crippen LogP contribution in [0.25, 0.3) is 0 Å². The first-order valence-corrected chi connectivity index (χ1v) is 6.51. The number of halogens is 1. The fourth-order valence-corrected chi connectivity index (χ4v) is 2.33. The first-order valence-electron chi connectivity index (χ1n) is 6.51. The average molecular weight is 289 g/mol. The first-order chi connectivity index (χ1) is 9.90. The lowest BCUT2D eigenvalue weighted by Crippen LogP contribution is -2.08. The number of H-pyrrole nitrogens is 1. The van der Waals surface area contributed by atoms with E-state index in [-0.39, 0.29) is 23.9 Å². The maximum atomic E-state index is 13.0. The Labute approximate surface area is 121 Å². The maximum absolute atomic E-state index is 13.0. The molecule has 0 aliphatic carbocycles. The highest BCUT2D eigenvalue weighted by molar-refractivity contribution is 6.01. The van der Waals surface area contributed by atoms with Crippen LogP contribution in [0.5, 0.6) is 0 Å². The molecule has 0 fully saturated rings. The van der Waals surface area contributed by atoms with Crippen LogP contribution in [-0.4, -0.2) is 16.7 Å². The molecule has 1 heterocycles. The molecule has 2 rings (SSSR count). The number of aryl methyl sites for hydroxylation is 1. The third-order valence-corrected chi connectivity index (χ3v) is 3.25. The van der Waals surface area contributed by atoms with Gasteiger partial charge in [-0.15, -0.1) is 0 Å². The van der Waals surface area contributed by atoms with Crippen molar-refractivity contribution in [2.24, 2.45) is 0 Å². The first kappa shape index (κ1) is 15.0. The fraction of sp³-hybridized carbons (Fsp3) is 0.250. The summed E-state index contributed by atoms with van der Waals surface area (Å²) in [5.41, 5.74) is 2.54. The molecule has 1 aromatic heterocycles. The van der Waals surface area contributed by atoms with Crippen molar-refractivity contribution in [3.8, 4) is 0 Å². The predicted molar refractivity (Wildman–Crippen MR) is 75.8 cm³/mol. The molecule has 21 heavy (non-hydrogen) atoms. The smallest absolute Gasteiger partial charge is 0.355 e. The molecule has 0 bridgehead atoms. The molecule has 0 spiro atoms. The van der Waals surface area contributed by atoms with Gasteiger partial charge >= 0.3 is 5.97 Å². The number of carbonyl (C=O) groups is 2. The number of hydrogen-bond acceptors (Lipinski definition) is 3. The van der Waals surface area contributed by atoms with Gasteiger partial charge in [-0.25, -0.2) is 9.18 Å². The SMILES string of the molecule is CC(=O)c1c(C)[nH]c(C(=O)OCc2cccc(F)c2)c1C. The number of carbonyl (C=O) groups excluding carboxylic acids is 2. The van der Waals surface area contributed by atoms with E-state index in [1.54, 1.807) is 26.0 Å². The summed E-state index contributed by atoms with van der Waals surface area (Å²) in [6.07, 6.45) is 0. The normalized spacial score (nSPS) is 10.5. The van der Waals surface area contributed by atoms with Crippen molar-refractivity contribution in [1.29, 1.82) is 0 Å². The third kappa shape index (κ3) is 3.18. The van der Waals surface area contributed by atoms with Crippen molar-refractivity contribution in [3.63, 3.8) is 0 Å². The topological polar surface area (TPSA) is 59.2 Å². The largest absolute Gasteiger partial charge is 0.456 e. The Hall–Kier alpha value is -2.43. The monoisotopic (exact) mass is 289 g/mol. The molecular weight excluding hydrogens is 273 g/mol. The Morgan fingerprint density at radius 3 is 2.57 bits per heavy atom. The van der Waals surface area contributed by atoms with E-state index in [1.807, 2.05) is 0 Å². The van der Waals surface area contributed by atoms with Gasteiger partial charge in [0.2, 0.25) is 0 Å². The van der Waals surface area contributed by atoms with Crippen molar-refractivity contribution < 1.29 is 18.7 Å². The number of esters is 1. The van der Waals surface area contributed by atoms with Crippen LogP contribution < -0.4 is 0 Å². The van der Waals surface area contributed by atoms with Crippen LogP contribution in [0.3, 0.4) is 0 Å². The fourth-order valence-electron chi connectivity index (χ4n) is 2.33. The molecule has 0 aliphatic heterocycles. The predicted octanol–water partition coefficient (Wildman–Crippen LogP) is 3.33. The van der Waals surface area contributed by atoms with Crippen LogP contribution in [0.1, 0.15) is 44.6 Å². The van der Waals surface area contributed by atoms with Gasteiger partial charge in [-0.3, -0.25) is 4.79 Å². The van der Waals surface area contributed by atoms with Crippen LogP contribution >= 0.6 is 0 Å². The quantitative estimate of drug-likeness (QED) is 0.693. The Bertz CT molecular complexity index is 704. The zero-order chi connectivity index (χ0) is 15.6. The highest BCUT2D eigenvalue weighted by atomic mass is 19.1. The molecule has 110 valence electrons. The highest BCUT2D eigenvalue weighted by Gasteiger charge is 2.20. The summed E-state index contributed by atoms with van der Waals surface area (Å²) < 4.78 is 18.2. The summed E-state index contributed by atoms with van der Waals surface area (Å²) in [4.78, 5) is 26.5. The molecule has 0 saturated heterocycles. The number of aromatic amines is 1. The van der Waals surface area contributed by atoms with Gasteiger partial charge in [-0.2, -0.15) is 0 Å². The second-order valence-corrected chi connectivity index (χ2v) is 4.89. The van der Waals surface area contributed by atoms with E-state index in [1.165, 1.54) is 19.1 Å². The van der Waals surface area contributed by atoms with Crippen LogP contribution in [0, 0.1) is 19.7 Å². The number of Topliss-reactive ketones (excluding diaryl/α,β-unsaturated/α-hetero) is 1. The van der Waals surface area contributed by atoms with E-state index in [0.717, 1.165) is 0 Å². The number of nitrogens with one attached hydrogen (secondary N) is 1. The number of ketones is 1. The second-order valence-electron chi connectivity index (χ2n) is 4.89. The summed E-state index contributed by atoms with van der Waals surface area (Å²) in [6.45, 7) is 4.85. The van der Waals surface area contributed by atoms with Gasteiger partial charge in [0.15, 0.2) is 5.78 Å². The lowest BCUT2D eigenvalue weighted by Gasteiger charge is -2.05. The molecular formula is C16H16FNO3. The number of rotatable bonds is 4. The minimum absolute atomic E-state index is 0.0243. The average Bonchev–Trinajstić information content (AvgIpc) is 2.71. The van der Waals surface area contributed by atoms with Crippen LogP contribution in [0.15, 0.2) is 24.3 Å². The molecule has 0 amide bonds. The van der Waals surface area contributed by atoms with E-state index >= 15 is 0 Å². The third-order valence-electron chi connectivity index (χ3n) is 3.25. The zero-order valence-corrected chi connectivity index (χ0v) is 12.1. The zero-order valence-electron chi connectivity index (χ0n) is 12.1. The van der Waals surface area contributed by atoms with Crippen molar-refractivity contribution in [3.05, 3.63) is 58.2 Å². The summed E-state index contributed by atoms with van der Waals surface area (Å²) >= 11 is 0. The Balaban J connectivity index is 2.14. The van der Waals surface area contributed by atoms with Gasteiger partial charge in [0.25, 0.3) is 0 Å². The van der Waals surface area contributed by atoms with E-state index in [9.17, 15) is 14.0 Å². The second kappa shape index (κ2) is 5.91. The van der Waals surface area contributed by atoms with Crippen molar-refractivity contribution in [1.82, 2.24) is 4.98 Å². The number of hydrogen-bond donors (Lipinski definition) is 1. The Morgan fingerprint density at radius 2 is 2.00 bits per heavy atom. The summed E-state index contributed by atoms with van der Waals surface area (Å²) in [7, 11) is 0. The molecule has 0 atom stereocenters. The summed E-state index contributed by atoms with van der Waals surface area (Å²) in [6, 6.07) is 5.85. The van der Waals surface area contributed by atoms with Gasteiger partial charge < -0.3 is 9.72 Å². The molecule has 1 N–H and O–H groups in total. The number of benzene rings is 1. The van der Waals surface area contributed by atoms with E-state index in [0.29, 0.717) is 22.4 Å². The minimum Gasteiger partial charge on any atom is -0.456 e. The lowest BCUT2D eigenvalue weighted by atomic mass is 10.1. The lowest BCUT2D eigenvalue weighted by molar-refractivity contribution is 0.0465. The van der Waals surface area contributed by atoms with Gasteiger partial charge in [-0.1, -0.05) is 12.1 Å². The van der Waals surface area contributed by atoms with Crippen LogP contribution in [-0.2, 0) is 11.3 Å². The molecule has 1 aromatic carbocycles. The van der Waals surface area contributed by atoms with Gasteiger partial charge in [0.05, 0.1) is 0 Å². The molecule has 0 saturated carbocycles. The Morgan fingerprint density at radius 1 is 1.29 bits per heavy atom. The van der Waals surface area contributed by atoms with E-state index in [4.69, 9.17) is 4.74 Å². The number of aromatic nitrogens is 1. The molecule has 5 heteroatoms. The van der Waals surface area contributed by atoms with Crippen molar-refractivity contribution in [2.75, 3.05) is 0 Å². The standard InChI is InChI=1S/C16H16FNO3/c1-9-14(11(3)19)10(2)18-15(9)16(20)21-8-12-5-4-6-13(17)7-12/h4-7,18H,8H2,1-3H3.